The summed E-state index contributed by atoms with van der Waals surface area (Å²) in [6.07, 6.45) is 0.985. The highest BCUT2D eigenvalue weighted by Crippen LogP contribution is 2.26. The summed E-state index contributed by atoms with van der Waals surface area (Å²) in [5.74, 6) is 0.923. The number of benzene rings is 1. The highest BCUT2D eigenvalue weighted by Gasteiger charge is 2.26. The number of aryl methyl sites for hydroxylation is 1. The maximum absolute atomic E-state index is 11.5. The molecule has 0 spiro atoms. The predicted octanol–water partition coefficient (Wildman–Crippen LogP) is 2.22. The minimum atomic E-state index is -0.607. The van der Waals surface area contributed by atoms with Crippen LogP contribution in [0, 0.1) is 13.8 Å². The van der Waals surface area contributed by atoms with Gasteiger partial charge in [0.05, 0.1) is 12.1 Å². The normalized spacial score (nSPS) is 16.6. The Morgan fingerprint density at radius 1 is 1.41 bits per heavy atom. The summed E-state index contributed by atoms with van der Waals surface area (Å²) in [7, 11) is 1.61. The van der Waals surface area contributed by atoms with E-state index >= 15 is 0 Å². The monoisotopic (exact) mass is 389 g/mol. The van der Waals surface area contributed by atoms with E-state index in [1.54, 1.807) is 7.11 Å². The Labute approximate surface area is 163 Å². The van der Waals surface area contributed by atoms with E-state index in [1.807, 2.05) is 32.0 Å². The van der Waals surface area contributed by atoms with E-state index in [9.17, 15) is 4.79 Å². The topological polar surface area (TPSA) is 93.4 Å². The molecule has 1 aromatic heterocycles. The molecule has 0 radical (unpaired) electrons. The van der Waals surface area contributed by atoms with Gasteiger partial charge in [-0.15, -0.1) is 0 Å². The van der Waals surface area contributed by atoms with Crippen LogP contribution in [0.4, 0.5) is 5.82 Å². The fourth-order valence-electron chi connectivity index (χ4n) is 3.23. The van der Waals surface area contributed by atoms with E-state index in [0.29, 0.717) is 16.8 Å². The smallest absolute Gasteiger partial charge is 0.286 e. The molecule has 1 aliphatic heterocycles. The number of nitrogens with two attached hydrogens (primary N) is 1. The zero-order valence-electron chi connectivity index (χ0n) is 15.8. The van der Waals surface area contributed by atoms with E-state index in [1.165, 1.54) is 0 Å². The number of halogens is 1. The fraction of sp³-hybridized carbons (Fsp3) is 0.421. The second kappa shape index (κ2) is 8.10. The molecule has 1 saturated heterocycles. The standard InChI is InChI=1S/C19H24ClN5O2/c1-11-12(2)23-18(17(21)26)24-19(11)25-7-6-14(10-25)22-9-13-4-5-15(20)16(8-13)27-3/h4-5,8,14,22H,6-7,9-10H2,1-3H3,(H2,21,26)/t14-/m1/s1. The molecule has 8 heteroatoms. The van der Waals surface area contributed by atoms with Crippen LogP contribution in [-0.2, 0) is 6.54 Å². The summed E-state index contributed by atoms with van der Waals surface area (Å²) in [6, 6.07) is 6.09. The number of carbonyl (C=O) groups excluding carboxylic acids is 1. The van der Waals surface area contributed by atoms with Gasteiger partial charge in [-0.2, -0.15) is 0 Å². The molecule has 3 rings (SSSR count). The van der Waals surface area contributed by atoms with Crippen LogP contribution in [0.1, 0.15) is 33.9 Å². The molecule has 0 saturated carbocycles. The largest absolute Gasteiger partial charge is 0.495 e. The van der Waals surface area contributed by atoms with Gasteiger partial charge in [0.2, 0.25) is 5.82 Å². The van der Waals surface area contributed by atoms with Gasteiger partial charge in [-0.05, 0) is 38.0 Å². The summed E-state index contributed by atoms with van der Waals surface area (Å²) >= 11 is 6.08. The first-order valence-electron chi connectivity index (χ1n) is 8.84. The van der Waals surface area contributed by atoms with Gasteiger partial charge >= 0.3 is 0 Å². The Bertz CT molecular complexity index is 858. The zero-order valence-corrected chi connectivity index (χ0v) is 16.5. The van der Waals surface area contributed by atoms with Crippen LogP contribution < -0.4 is 20.7 Å². The fourth-order valence-corrected chi connectivity index (χ4v) is 3.42. The molecule has 1 aromatic carbocycles. The molecule has 2 heterocycles. The van der Waals surface area contributed by atoms with E-state index in [2.05, 4.69) is 20.2 Å². The molecule has 2 aromatic rings. The first-order valence-corrected chi connectivity index (χ1v) is 9.22. The molecular formula is C19H24ClN5O2. The average molecular weight is 390 g/mol. The lowest BCUT2D eigenvalue weighted by atomic mass is 10.2. The van der Waals surface area contributed by atoms with E-state index in [4.69, 9.17) is 22.1 Å². The van der Waals surface area contributed by atoms with Crippen molar-refractivity contribution >= 4 is 23.3 Å². The number of rotatable bonds is 6. The van der Waals surface area contributed by atoms with E-state index in [-0.39, 0.29) is 5.82 Å². The molecule has 27 heavy (non-hydrogen) atoms. The Kier molecular flexibility index (Phi) is 5.82. The molecule has 7 nitrogen and oxygen atoms in total. The molecule has 1 atom stereocenters. The number of anilines is 1. The van der Waals surface area contributed by atoms with Gasteiger partial charge in [-0.3, -0.25) is 4.79 Å². The second-order valence-electron chi connectivity index (χ2n) is 6.73. The van der Waals surface area contributed by atoms with Gasteiger partial charge in [0.1, 0.15) is 11.6 Å². The van der Waals surface area contributed by atoms with Crippen molar-refractivity contribution in [3.05, 3.63) is 45.9 Å². The summed E-state index contributed by atoms with van der Waals surface area (Å²) < 4.78 is 5.27. The van der Waals surface area contributed by atoms with Crippen molar-refractivity contribution in [3.8, 4) is 5.75 Å². The summed E-state index contributed by atoms with van der Waals surface area (Å²) in [4.78, 5) is 22.2. The van der Waals surface area contributed by atoms with Crippen LogP contribution >= 0.6 is 11.6 Å². The lowest BCUT2D eigenvalue weighted by Crippen LogP contribution is -2.33. The third-order valence-electron chi connectivity index (χ3n) is 4.88. The Hall–Kier alpha value is -2.38. The highest BCUT2D eigenvalue weighted by atomic mass is 35.5. The SMILES string of the molecule is COc1cc(CN[C@@H]2CCN(c3nc(C(N)=O)nc(C)c3C)C2)ccc1Cl. The van der Waals surface area contributed by atoms with Crippen molar-refractivity contribution < 1.29 is 9.53 Å². The van der Waals surface area contributed by atoms with Crippen molar-refractivity contribution in [1.82, 2.24) is 15.3 Å². The Morgan fingerprint density at radius 3 is 2.89 bits per heavy atom. The minimum Gasteiger partial charge on any atom is -0.495 e. The van der Waals surface area contributed by atoms with Gasteiger partial charge in [0, 0.05) is 36.9 Å². The van der Waals surface area contributed by atoms with Gasteiger partial charge in [-0.25, -0.2) is 9.97 Å². The second-order valence-corrected chi connectivity index (χ2v) is 7.13. The first-order chi connectivity index (χ1) is 12.9. The number of carbonyl (C=O) groups is 1. The van der Waals surface area contributed by atoms with Gasteiger partial charge in [-0.1, -0.05) is 17.7 Å². The molecule has 0 aliphatic carbocycles. The van der Waals surface area contributed by atoms with Gasteiger partial charge in [0.15, 0.2) is 0 Å². The van der Waals surface area contributed by atoms with Gasteiger partial charge < -0.3 is 20.7 Å². The maximum atomic E-state index is 11.5. The number of aromatic nitrogens is 2. The number of ether oxygens (including phenoxy) is 1. The third-order valence-corrected chi connectivity index (χ3v) is 5.19. The van der Waals surface area contributed by atoms with Crippen molar-refractivity contribution in [2.24, 2.45) is 5.73 Å². The Morgan fingerprint density at radius 2 is 2.19 bits per heavy atom. The molecule has 144 valence electrons. The van der Waals surface area contributed by atoms with Crippen molar-refractivity contribution in [2.75, 3.05) is 25.1 Å². The van der Waals surface area contributed by atoms with Gasteiger partial charge in [0.25, 0.3) is 5.91 Å². The number of hydrogen-bond donors (Lipinski definition) is 2. The maximum Gasteiger partial charge on any atom is 0.286 e. The van der Waals surface area contributed by atoms with E-state index in [0.717, 1.165) is 48.7 Å². The van der Waals surface area contributed by atoms with Crippen molar-refractivity contribution in [3.63, 3.8) is 0 Å². The van der Waals surface area contributed by atoms with Crippen LogP contribution in [0.2, 0.25) is 5.02 Å². The minimum absolute atomic E-state index is 0.0674. The zero-order chi connectivity index (χ0) is 19.6. The van der Waals surface area contributed by atoms with Crippen LogP contribution in [-0.4, -0.2) is 42.1 Å². The lowest BCUT2D eigenvalue weighted by Gasteiger charge is -2.21. The number of hydrogen-bond acceptors (Lipinski definition) is 6. The molecule has 0 unspecified atom stereocenters. The quantitative estimate of drug-likeness (QED) is 0.786. The van der Waals surface area contributed by atoms with Crippen LogP contribution in [0.5, 0.6) is 5.75 Å². The average Bonchev–Trinajstić information content (AvgIpc) is 3.11. The molecule has 1 amide bonds. The van der Waals surface area contributed by atoms with E-state index < -0.39 is 5.91 Å². The number of primary amides is 1. The van der Waals surface area contributed by atoms with Crippen LogP contribution in [0.3, 0.4) is 0 Å². The van der Waals surface area contributed by atoms with Crippen LogP contribution in [0.25, 0.3) is 0 Å². The summed E-state index contributed by atoms with van der Waals surface area (Å²) in [5, 5.41) is 4.17. The van der Waals surface area contributed by atoms with Crippen LogP contribution in [0.15, 0.2) is 18.2 Å². The number of nitrogens with one attached hydrogen (secondary N) is 1. The molecule has 1 fully saturated rings. The molecular weight excluding hydrogens is 366 g/mol. The lowest BCUT2D eigenvalue weighted by molar-refractivity contribution is 0.0990. The Balaban J connectivity index is 1.66. The van der Waals surface area contributed by atoms with Crippen molar-refractivity contribution in [2.45, 2.75) is 32.9 Å². The number of nitrogens with zero attached hydrogens (tertiary/aromatic N) is 3. The summed E-state index contributed by atoms with van der Waals surface area (Å²) in [6.45, 7) is 6.22. The number of methoxy groups -OCH3 is 1. The number of amides is 1. The molecule has 0 bridgehead atoms. The highest BCUT2D eigenvalue weighted by molar-refractivity contribution is 6.32. The first kappa shape index (κ1) is 19.4. The molecule has 3 N–H and O–H groups in total. The predicted molar refractivity (Wildman–Crippen MR) is 105 cm³/mol. The third kappa shape index (κ3) is 4.31. The van der Waals surface area contributed by atoms with Crippen molar-refractivity contribution in [1.29, 1.82) is 0 Å². The summed E-state index contributed by atoms with van der Waals surface area (Å²) in [5.41, 5.74) is 8.22. The molecule has 1 aliphatic rings.